The van der Waals surface area contributed by atoms with Crippen molar-refractivity contribution in [2.75, 3.05) is 6.54 Å². The minimum atomic E-state index is -0.000472. The summed E-state index contributed by atoms with van der Waals surface area (Å²) in [5, 5.41) is 4.14. The van der Waals surface area contributed by atoms with Crippen LogP contribution < -0.4 is 0 Å². The second-order valence-corrected chi connectivity index (χ2v) is 8.99. The molecule has 1 atom stereocenters. The lowest BCUT2D eigenvalue weighted by atomic mass is 9.99. The van der Waals surface area contributed by atoms with Crippen LogP contribution in [0.3, 0.4) is 0 Å². The Hall–Kier alpha value is -2.24. The average Bonchev–Trinajstić information content (AvgIpc) is 3.49. The molecule has 1 unspecified atom stereocenters. The minimum Gasteiger partial charge on any atom is -0.356 e. The van der Waals surface area contributed by atoms with E-state index in [1.807, 2.05) is 20.0 Å². The molecule has 162 valence electrons. The average molecular weight is 411 g/mol. The fraction of sp³-hybridized carbons (Fsp3) is 0.667. The number of carbonyl (C=O) groups is 1. The number of carbonyl (C=O) groups excluding carboxylic acids is 1. The van der Waals surface area contributed by atoms with Crippen molar-refractivity contribution in [1.29, 1.82) is 0 Å². The van der Waals surface area contributed by atoms with Crippen LogP contribution >= 0.6 is 0 Å². The van der Waals surface area contributed by atoms with Crippen LogP contribution in [0.1, 0.15) is 93.5 Å². The van der Waals surface area contributed by atoms with Crippen LogP contribution in [0.15, 0.2) is 10.7 Å². The van der Waals surface area contributed by atoms with Gasteiger partial charge in [0.05, 0.1) is 23.0 Å². The molecule has 0 bridgehead atoms. The molecule has 1 aliphatic heterocycles. The van der Waals surface area contributed by atoms with Gasteiger partial charge in [-0.3, -0.25) is 4.79 Å². The maximum atomic E-state index is 13.2. The number of nitrogens with zero attached hydrogens (tertiary/aromatic N) is 4. The third-order valence-corrected chi connectivity index (χ3v) is 6.87. The van der Waals surface area contributed by atoms with Crippen molar-refractivity contribution < 1.29 is 9.32 Å². The summed E-state index contributed by atoms with van der Waals surface area (Å²) in [4.78, 5) is 24.8. The summed E-state index contributed by atoms with van der Waals surface area (Å²) in [6.07, 6.45) is 12.6. The molecule has 30 heavy (non-hydrogen) atoms. The molecule has 1 saturated heterocycles. The number of likely N-dealkylation sites (tertiary alicyclic amines) is 1. The van der Waals surface area contributed by atoms with Crippen molar-refractivity contribution in [1.82, 2.24) is 20.0 Å². The fourth-order valence-corrected chi connectivity index (χ4v) is 4.99. The van der Waals surface area contributed by atoms with Crippen molar-refractivity contribution in [3.63, 3.8) is 0 Å². The molecule has 1 saturated carbocycles. The van der Waals surface area contributed by atoms with Crippen molar-refractivity contribution in [2.45, 2.75) is 91.0 Å². The van der Waals surface area contributed by atoms with Gasteiger partial charge in [0, 0.05) is 31.1 Å². The molecule has 2 aromatic heterocycles. The zero-order chi connectivity index (χ0) is 21.1. The number of rotatable bonds is 7. The van der Waals surface area contributed by atoms with Crippen molar-refractivity contribution in [3.05, 3.63) is 29.0 Å². The smallest absolute Gasteiger partial charge is 0.223 e. The Morgan fingerprint density at radius 1 is 1.20 bits per heavy atom. The third kappa shape index (κ3) is 4.28. The van der Waals surface area contributed by atoms with E-state index in [2.05, 4.69) is 22.0 Å². The van der Waals surface area contributed by atoms with Crippen molar-refractivity contribution in [2.24, 2.45) is 5.92 Å². The van der Waals surface area contributed by atoms with Crippen molar-refractivity contribution in [3.8, 4) is 11.3 Å². The zero-order valence-corrected chi connectivity index (χ0v) is 18.6. The van der Waals surface area contributed by atoms with Gasteiger partial charge in [0.1, 0.15) is 5.82 Å². The monoisotopic (exact) mass is 410 g/mol. The maximum Gasteiger partial charge on any atom is 0.223 e. The number of aromatic nitrogens is 3. The normalized spacial score (nSPS) is 19.7. The standard InChI is InChI=1S/C24H34N4O2/c1-4-8-21-25-15-19(24-16(2)17(3)27-30-24)23(26-21)20-11-7-14-28(20)22(29)13-12-18-9-5-6-10-18/h15,18,20H,4-14H2,1-3H3. The van der Waals surface area contributed by atoms with Crippen molar-refractivity contribution >= 4 is 5.91 Å². The van der Waals surface area contributed by atoms with Crippen LogP contribution in [0.4, 0.5) is 0 Å². The van der Waals surface area contributed by atoms with E-state index >= 15 is 0 Å². The van der Waals surface area contributed by atoms with Gasteiger partial charge in [-0.15, -0.1) is 0 Å². The molecule has 6 nitrogen and oxygen atoms in total. The summed E-state index contributed by atoms with van der Waals surface area (Å²) in [7, 11) is 0. The summed E-state index contributed by atoms with van der Waals surface area (Å²) in [6, 6.07) is -0.000472. The van der Waals surface area contributed by atoms with E-state index in [0.29, 0.717) is 6.42 Å². The first-order valence-corrected chi connectivity index (χ1v) is 11.7. The topological polar surface area (TPSA) is 72.1 Å². The van der Waals surface area contributed by atoms with E-state index in [1.165, 1.54) is 25.7 Å². The van der Waals surface area contributed by atoms with Gasteiger partial charge in [0.15, 0.2) is 5.76 Å². The molecule has 0 spiro atoms. The Morgan fingerprint density at radius 2 is 2.00 bits per heavy atom. The second kappa shape index (κ2) is 9.27. The fourth-order valence-electron chi connectivity index (χ4n) is 4.99. The lowest BCUT2D eigenvalue weighted by Gasteiger charge is -2.26. The van der Waals surface area contributed by atoms with Crippen LogP contribution in [-0.2, 0) is 11.2 Å². The first kappa shape index (κ1) is 21.0. The van der Waals surface area contributed by atoms with Gasteiger partial charge in [0.25, 0.3) is 0 Å². The Balaban J connectivity index is 1.62. The first-order chi connectivity index (χ1) is 14.6. The van der Waals surface area contributed by atoms with Gasteiger partial charge in [-0.05, 0) is 45.4 Å². The van der Waals surface area contributed by atoms with Gasteiger partial charge >= 0.3 is 0 Å². The molecule has 1 amide bonds. The van der Waals surface area contributed by atoms with Crippen LogP contribution in [-0.4, -0.2) is 32.5 Å². The number of hydrogen-bond acceptors (Lipinski definition) is 5. The molecule has 0 aromatic carbocycles. The molecule has 2 aromatic rings. The Morgan fingerprint density at radius 3 is 2.70 bits per heavy atom. The van der Waals surface area contributed by atoms with E-state index in [-0.39, 0.29) is 11.9 Å². The van der Waals surface area contributed by atoms with Crippen LogP contribution in [0.5, 0.6) is 0 Å². The largest absolute Gasteiger partial charge is 0.356 e. The lowest BCUT2D eigenvalue weighted by Crippen LogP contribution is -2.31. The molecule has 6 heteroatoms. The highest BCUT2D eigenvalue weighted by molar-refractivity contribution is 5.77. The molecule has 0 radical (unpaired) electrons. The van der Waals surface area contributed by atoms with Crippen LogP contribution in [0.25, 0.3) is 11.3 Å². The summed E-state index contributed by atoms with van der Waals surface area (Å²) in [6.45, 7) is 6.91. The molecular weight excluding hydrogens is 376 g/mol. The van der Waals surface area contributed by atoms with E-state index in [0.717, 1.165) is 78.7 Å². The van der Waals surface area contributed by atoms with E-state index in [9.17, 15) is 4.79 Å². The molecule has 0 N–H and O–H groups in total. The number of amides is 1. The quantitative estimate of drug-likeness (QED) is 0.616. The predicted molar refractivity (Wildman–Crippen MR) is 116 cm³/mol. The van der Waals surface area contributed by atoms with E-state index in [1.54, 1.807) is 0 Å². The first-order valence-electron chi connectivity index (χ1n) is 11.7. The molecule has 1 aliphatic carbocycles. The molecule has 3 heterocycles. The SMILES string of the molecule is CCCc1ncc(-c2onc(C)c2C)c(C2CCCN2C(=O)CCC2CCCC2)n1. The van der Waals surface area contributed by atoms with Gasteiger partial charge in [-0.25, -0.2) is 9.97 Å². The molecule has 2 fully saturated rings. The van der Waals surface area contributed by atoms with E-state index < -0.39 is 0 Å². The van der Waals surface area contributed by atoms with Gasteiger partial charge in [-0.2, -0.15) is 0 Å². The van der Waals surface area contributed by atoms with Crippen LogP contribution in [0, 0.1) is 19.8 Å². The number of hydrogen-bond donors (Lipinski definition) is 0. The summed E-state index contributed by atoms with van der Waals surface area (Å²) in [5.41, 5.74) is 3.71. The number of aryl methyl sites for hydroxylation is 2. The third-order valence-electron chi connectivity index (χ3n) is 6.87. The second-order valence-electron chi connectivity index (χ2n) is 8.99. The van der Waals surface area contributed by atoms with Gasteiger partial charge in [-0.1, -0.05) is 37.8 Å². The Bertz CT molecular complexity index is 885. The van der Waals surface area contributed by atoms with Gasteiger partial charge < -0.3 is 9.42 Å². The van der Waals surface area contributed by atoms with E-state index in [4.69, 9.17) is 9.51 Å². The highest BCUT2D eigenvalue weighted by Crippen LogP contribution is 2.39. The molecule has 4 rings (SSSR count). The van der Waals surface area contributed by atoms with Gasteiger partial charge in [0.2, 0.25) is 5.91 Å². The predicted octanol–water partition coefficient (Wildman–Crippen LogP) is 5.33. The zero-order valence-electron chi connectivity index (χ0n) is 18.6. The lowest BCUT2D eigenvalue weighted by molar-refractivity contribution is -0.132. The highest BCUT2D eigenvalue weighted by Gasteiger charge is 2.34. The highest BCUT2D eigenvalue weighted by atomic mass is 16.5. The minimum absolute atomic E-state index is 0.000472. The summed E-state index contributed by atoms with van der Waals surface area (Å²) < 4.78 is 5.66. The maximum absolute atomic E-state index is 13.2. The molecular formula is C24H34N4O2. The summed E-state index contributed by atoms with van der Waals surface area (Å²) >= 11 is 0. The molecule has 2 aliphatic rings. The summed E-state index contributed by atoms with van der Waals surface area (Å²) in [5.74, 6) is 2.59. The Labute approximate surface area is 179 Å². The van der Waals surface area contributed by atoms with Crippen LogP contribution in [0.2, 0.25) is 0 Å². The Kier molecular flexibility index (Phi) is 6.49.